The summed E-state index contributed by atoms with van der Waals surface area (Å²) >= 11 is 0. The summed E-state index contributed by atoms with van der Waals surface area (Å²) in [5.41, 5.74) is 0.559. The number of carbonyl (C=O) groups is 2. The third-order valence-electron chi connectivity index (χ3n) is 5.63. The second-order valence-corrected chi connectivity index (χ2v) is 7.89. The van der Waals surface area contributed by atoms with Crippen LogP contribution >= 0.6 is 0 Å². The average Bonchev–Trinajstić information content (AvgIpc) is 3.25. The highest BCUT2D eigenvalue weighted by atomic mass is 19.4. The van der Waals surface area contributed by atoms with Crippen molar-refractivity contribution in [2.45, 2.75) is 44.3 Å². The van der Waals surface area contributed by atoms with Crippen molar-refractivity contribution in [3.8, 4) is 0 Å². The molecule has 33 heavy (non-hydrogen) atoms. The molecule has 3 aromatic rings. The first kappa shape index (κ1) is 22.5. The van der Waals surface area contributed by atoms with E-state index in [0.29, 0.717) is 30.8 Å². The number of aromatic amines is 1. The van der Waals surface area contributed by atoms with Crippen LogP contribution in [0.5, 0.6) is 0 Å². The van der Waals surface area contributed by atoms with E-state index < -0.39 is 17.6 Å². The first-order valence-corrected chi connectivity index (χ1v) is 10.5. The molecule has 172 valence electrons. The van der Waals surface area contributed by atoms with Crippen LogP contribution in [0.15, 0.2) is 54.9 Å². The molecule has 2 N–H and O–H groups in total. The van der Waals surface area contributed by atoms with Crippen molar-refractivity contribution >= 4 is 23.3 Å². The smallest absolute Gasteiger partial charge is 0.349 e. The van der Waals surface area contributed by atoms with Crippen molar-refractivity contribution in [1.82, 2.24) is 20.5 Å². The highest BCUT2D eigenvalue weighted by molar-refractivity contribution is 5.99. The Morgan fingerprint density at radius 3 is 2.64 bits per heavy atom. The number of nitrogens with one attached hydrogen (secondary N) is 2. The maximum Gasteiger partial charge on any atom is 0.416 e. The molecule has 0 aliphatic heterocycles. The number of aromatic nitrogens is 3. The van der Waals surface area contributed by atoms with Crippen molar-refractivity contribution in [3.05, 3.63) is 71.7 Å². The van der Waals surface area contributed by atoms with Crippen LogP contribution in [0.2, 0.25) is 0 Å². The quantitative estimate of drug-likeness (QED) is 0.567. The van der Waals surface area contributed by atoms with Gasteiger partial charge in [-0.05, 0) is 43.2 Å². The van der Waals surface area contributed by atoms with E-state index >= 15 is 0 Å². The lowest BCUT2D eigenvalue weighted by atomic mass is 9.78. The number of pyridine rings is 1. The van der Waals surface area contributed by atoms with Crippen LogP contribution in [-0.4, -0.2) is 33.0 Å². The van der Waals surface area contributed by atoms with Crippen LogP contribution in [0.3, 0.4) is 0 Å². The van der Waals surface area contributed by atoms with Crippen LogP contribution < -0.4 is 10.2 Å². The lowest BCUT2D eigenvalue weighted by Crippen LogP contribution is -2.43. The van der Waals surface area contributed by atoms with E-state index in [0.717, 1.165) is 17.8 Å². The summed E-state index contributed by atoms with van der Waals surface area (Å²) in [4.78, 5) is 30.4. The van der Waals surface area contributed by atoms with Crippen LogP contribution in [0, 0.1) is 0 Å². The average molecular weight is 457 g/mol. The Morgan fingerprint density at radius 1 is 1.18 bits per heavy atom. The Bertz CT molecular complexity index is 1140. The Kier molecular flexibility index (Phi) is 6.17. The largest absolute Gasteiger partial charge is 0.416 e. The van der Waals surface area contributed by atoms with E-state index in [4.69, 9.17) is 0 Å². The van der Waals surface area contributed by atoms with Gasteiger partial charge in [-0.25, -0.2) is 0 Å². The molecular formula is C23H22F3N5O2. The molecule has 1 fully saturated rings. The summed E-state index contributed by atoms with van der Waals surface area (Å²) < 4.78 is 38.6. The molecular weight excluding hydrogens is 435 g/mol. The Labute approximate surface area is 188 Å². The monoisotopic (exact) mass is 457 g/mol. The SMILES string of the molecule is CCC(=O)N(c1cccnc1)c1cc(C2CC(NC(=O)c3cccc(C(F)(F)F)c3)C2)[nH]n1. The third kappa shape index (κ3) is 4.89. The second kappa shape index (κ2) is 9.05. The molecule has 7 nitrogen and oxygen atoms in total. The number of benzene rings is 1. The van der Waals surface area contributed by atoms with Crippen LogP contribution in [0.4, 0.5) is 24.7 Å². The van der Waals surface area contributed by atoms with Gasteiger partial charge in [-0.3, -0.25) is 24.6 Å². The number of carbonyl (C=O) groups excluding carboxylic acids is 2. The Hall–Kier alpha value is -3.69. The molecule has 2 amide bonds. The number of hydrogen-bond donors (Lipinski definition) is 2. The normalized spacial score (nSPS) is 17.8. The van der Waals surface area contributed by atoms with Crippen molar-refractivity contribution < 1.29 is 22.8 Å². The third-order valence-corrected chi connectivity index (χ3v) is 5.63. The summed E-state index contributed by atoms with van der Waals surface area (Å²) in [6.07, 6.45) is 0.228. The van der Waals surface area contributed by atoms with E-state index in [-0.39, 0.29) is 23.4 Å². The molecule has 0 spiro atoms. The van der Waals surface area contributed by atoms with Gasteiger partial charge in [-0.1, -0.05) is 13.0 Å². The van der Waals surface area contributed by atoms with Crippen molar-refractivity contribution in [2.24, 2.45) is 0 Å². The molecule has 0 radical (unpaired) electrons. The number of alkyl halides is 3. The minimum Gasteiger partial charge on any atom is -0.349 e. The Morgan fingerprint density at radius 2 is 1.97 bits per heavy atom. The predicted octanol–water partition coefficient (Wildman–Crippen LogP) is 4.57. The molecule has 1 aromatic carbocycles. The summed E-state index contributed by atoms with van der Waals surface area (Å²) in [5.74, 6) is -0.112. The zero-order chi connectivity index (χ0) is 23.6. The van der Waals surface area contributed by atoms with Crippen LogP contribution in [0.25, 0.3) is 0 Å². The molecule has 1 aliphatic rings. The van der Waals surface area contributed by atoms with Crippen LogP contribution in [-0.2, 0) is 11.0 Å². The molecule has 4 rings (SSSR count). The fraction of sp³-hybridized carbons (Fsp3) is 0.304. The topological polar surface area (TPSA) is 91.0 Å². The maximum atomic E-state index is 12.9. The molecule has 1 saturated carbocycles. The van der Waals surface area contributed by atoms with Crippen molar-refractivity contribution in [3.63, 3.8) is 0 Å². The zero-order valence-corrected chi connectivity index (χ0v) is 17.8. The van der Waals surface area contributed by atoms with Gasteiger partial charge in [0.25, 0.3) is 5.91 Å². The van der Waals surface area contributed by atoms with E-state index in [1.165, 1.54) is 17.0 Å². The van der Waals surface area contributed by atoms with Gasteiger partial charge in [-0.15, -0.1) is 0 Å². The zero-order valence-electron chi connectivity index (χ0n) is 17.8. The van der Waals surface area contributed by atoms with Gasteiger partial charge in [0.05, 0.1) is 17.4 Å². The summed E-state index contributed by atoms with van der Waals surface area (Å²) in [6.45, 7) is 1.77. The van der Waals surface area contributed by atoms with Gasteiger partial charge in [0.2, 0.25) is 5.91 Å². The van der Waals surface area contributed by atoms with E-state index in [1.807, 2.05) is 0 Å². The minimum atomic E-state index is -4.50. The van der Waals surface area contributed by atoms with Crippen molar-refractivity contribution in [2.75, 3.05) is 4.90 Å². The minimum absolute atomic E-state index is 0.0257. The lowest BCUT2D eigenvalue weighted by molar-refractivity contribution is -0.137. The summed E-state index contributed by atoms with van der Waals surface area (Å²) in [6, 6.07) is 9.53. The molecule has 0 unspecified atom stereocenters. The summed E-state index contributed by atoms with van der Waals surface area (Å²) in [7, 11) is 0. The molecule has 2 aromatic heterocycles. The molecule has 0 bridgehead atoms. The lowest BCUT2D eigenvalue weighted by Gasteiger charge is -2.35. The molecule has 10 heteroatoms. The van der Waals surface area contributed by atoms with Crippen LogP contribution in [0.1, 0.15) is 53.7 Å². The summed E-state index contributed by atoms with van der Waals surface area (Å²) in [5, 5.41) is 10.0. The Balaban J connectivity index is 1.39. The number of H-pyrrole nitrogens is 1. The number of rotatable bonds is 6. The molecule has 0 saturated heterocycles. The van der Waals surface area contributed by atoms with Gasteiger partial charge in [0.15, 0.2) is 5.82 Å². The maximum absolute atomic E-state index is 12.9. The van der Waals surface area contributed by atoms with Crippen molar-refractivity contribution in [1.29, 1.82) is 0 Å². The van der Waals surface area contributed by atoms with E-state index in [9.17, 15) is 22.8 Å². The van der Waals surface area contributed by atoms with Gasteiger partial charge < -0.3 is 5.32 Å². The number of hydrogen-bond acceptors (Lipinski definition) is 4. The van der Waals surface area contributed by atoms with Gasteiger partial charge in [-0.2, -0.15) is 18.3 Å². The highest BCUT2D eigenvalue weighted by Crippen LogP contribution is 2.38. The second-order valence-electron chi connectivity index (χ2n) is 7.89. The van der Waals surface area contributed by atoms with Gasteiger partial charge in [0.1, 0.15) is 0 Å². The predicted molar refractivity (Wildman–Crippen MR) is 115 cm³/mol. The number of halogens is 3. The number of anilines is 2. The van der Waals surface area contributed by atoms with E-state index in [1.54, 1.807) is 37.5 Å². The van der Waals surface area contributed by atoms with Gasteiger partial charge >= 0.3 is 6.18 Å². The first-order valence-electron chi connectivity index (χ1n) is 10.5. The number of nitrogens with zero attached hydrogens (tertiary/aromatic N) is 3. The standard InChI is InChI=1S/C23H22F3N5O2/c1-2-21(32)31(18-7-4-8-27-13-18)20-12-19(29-30-20)15-10-17(11-15)28-22(33)14-5-3-6-16(9-14)23(24,25)26/h3-9,12-13,15,17H,2,10-11H2,1H3,(H,28,33)(H,29,30). The fourth-order valence-electron chi connectivity index (χ4n) is 3.79. The number of amides is 2. The highest BCUT2D eigenvalue weighted by Gasteiger charge is 2.35. The van der Waals surface area contributed by atoms with Gasteiger partial charge in [0, 0.05) is 41.9 Å². The first-order chi connectivity index (χ1) is 15.8. The molecule has 1 aliphatic carbocycles. The molecule has 0 atom stereocenters. The molecule has 2 heterocycles. The van der Waals surface area contributed by atoms with E-state index in [2.05, 4.69) is 20.5 Å². The fourth-order valence-corrected chi connectivity index (χ4v) is 3.79.